The van der Waals surface area contributed by atoms with E-state index in [1.165, 1.54) is 52.1 Å². The maximum absolute atomic E-state index is 11.0. The molecule has 0 amide bonds. The van der Waals surface area contributed by atoms with E-state index >= 15 is 0 Å². The molecule has 140 valence electrons. The Hall–Kier alpha value is -1.09. The van der Waals surface area contributed by atoms with Crippen molar-refractivity contribution in [1.82, 2.24) is 0 Å². The molecular weight excluding hydrogens is 300 g/mol. The third-order valence-corrected chi connectivity index (χ3v) is 4.12. The highest BCUT2D eigenvalue weighted by atomic mass is 16.5. The second-order valence-corrected chi connectivity index (χ2v) is 6.45. The Bertz CT molecular complexity index is 334. The van der Waals surface area contributed by atoms with E-state index in [4.69, 9.17) is 0 Å². The van der Waals surface area contributed by atoms with E-state index in [2.05, 4.69) is 36.0 Å². The van der Waals surface area contributed by atoms with E-state index < -0.39 is 6.10 Å². The van der Waals surface area contributed by atoms with Crippen molar-refractivity contribution in [2.45, 2.75) is 96.5 Å². The molecule has 0 radical (unpaired) electrons. The summed E-state index contributed by atoms with van der Waals surface area (Å²) in [5.74, 6) is -0.329. The molecule has 0 fully saturated rings. The topological polar surface area (TPSA) is 46.5 Å². The molecule has 0 rings (SSSR count). The van der Waals surface area contributed by atoms with Crippen molar-refractivity contribution < 1.29 is 14.6 Å². The summed E-state index contributed by atoms with van der Waals surface area (Å²) in [4.78, 5) is 11.0. The van der Waals surface area contributed by atoms with Crippen LogP contribution in [0.25, 0.3) is 0 Å². The van der Waals surface area contributed by atoms with Crippen molar-refractivity contribution in [2.24, 2.45) is 0 Å². The van der Waals surface area contributed by atoms with E-state index in [0.717, 1.165) is 25.7 Å². The molecule has 3 heteroatoms. The second kappa shape index (κ2) is 18.3. The van der Waals surface area contributed by atoms with Gasteiger partial charge in [0.15, 0.2) is 0 Å². The highest BCUT2D eigenvalue weighted by molar-refractivity contribution is 5.69. The van der Waals surface area contributed by atoms with Crippen LogP contribution < -0.4 is 0 Å². The lowest BCUT2D eigenvalue weighted by molar-refractivity contribution is -0.142. The fourth-order valence-electron chi connectivity index (χ4n) is 2.57. The van der Waals surface area contributed by atoms with Crippen molar-refractivity contribution in [3.05, 3.63) is 24.3 Å². The number of methoxy groups -OCH3 is 1. The van der Waals surface area contributed by atoms with Crippen LogP contribution in [0.3, 0.4) is 0 Å². The normalized spacial score (nSPS) is 13.0. The van der Waals surface area contributed by atoms with Gasteiger partial charge in [-0.1, -0.05) is 69.8 Å². The number of rotatable bonds is 16. The van der Waals surface area contributed by atoms with Crippen LogP contribution in [-0.4, -0.2) is 24.3 Å². The van der Waals surface area contributed by atoms with Gasteiger partial charge in [0.25, 0.3) is 0 Å². The number of aliphatic hydroxyl groups excluding tert-OH is 1. The number of carbonyl (C=O) groups is 1. The third kappa shape index (κ3) is 17.3. The predicted octanol–water partition coefficient (Wildman–Crippen LogP) is 5.72. The zero-order chi connectivity index (χ0) is 17.9. The van der Waals surface area contributed by atoms with Gasteiger partial charge in [-0.05, 0) is 38.5 Å². The van der Waals surface area contributed by atoms with Gasteiger partial charge in [-0.15, -0.1) is 0 Å². The molecule has 1 N–H and O–H groups in total. The number of hydrogen-bond acceptors (Lipinski definition) is 3. The molecule has 0 saturated carbocycles. The summed E-state index contributed by atoms with van der Waals surface area (Å²) >= 11 is 0. The fourth-order valence-corrected chi connectivity index (χ4v) is 2.57. The summed E-state index contributed by atoms with van der Waals surface area (Å²) in [6.07, 6.45) is 22.6. The number of esters is 1. The van der Waals surface area contributed by atoms with Crippen LogP contribution in [0.4, 0.5) is 0 Å². The van der Waals surface area contributed by atoms with Crippen LogP contribution in [0.15, 0.2) is 24.3 Å². The highest BCUT2D eigenvalue weighted by Gasteiger charge is 2.09. The number of ether oxygens (including phenoxy) is 1. The van der Waals surface area contributed by atoms with E-state index in [9.17, 15) is 9.90 Å². The van der Waals surface area contributed by atoms with Crippen molar-refractivity contribution in [3.63, 3.8) is 0 Å². The van der Waals surface area contributed by atoms with E-state index in [1.54, 1.807) is 0 Å². The lowest BCUT2D eigenvalue weighted by atomic mass is 10.1. The minimum absolute atomic E-state index is 0.119. The molecule has 0 aliphatic carbocycles. The average Bonchev–Trinajstić information content (AvgIpc) is 2.58. The average molecular weight is 339 g/mol. The van der Waals surface area contributed by atoms with Gasteiger partial charge in [-0.2, -0.15) is 0 Å². The van der Waals surface area contributed by atoms with Crippen LogP contribution in [0.2, 0.25) is 0 Å². The Morgan fingerprint density at radius 3 is 2.12 bits per heavy atom. The summed E-state index contributed by atoms with van der Waals surface area (Å²) in [6.45, 7) is 2.24. The number of aliphatic hydroxyl groups is 1. The Labute approximate surface area is 149 Å². The third-order valence-electron chi connectivity index (χ3n) is 4.12. The van der Waals surface area contributed by atoms with Crippen LogP contribution in [0.1, 0.15) is 90.4 Å². The molecular formula is C21H38O3. The number of unbranched alkanes of at least 4 members (excludes halogenated alkanes) is 8. The van der Waals surface area contributed by atoms with Crippen LogP contribution >= 0.6 is 0 Å². The van der Waals surface area contributed by atoms with Gasteiger partial charge >= 0.3 is 5.97 Å². The zero-order valence-electron chi connectivity index (χ0n) is 15.8. The van der Waals surface area contributed by atoms with E-state index in [0.29, 0.717) is 6.42 Å². The number of hydrogen-bond donors (Lipinski definition) is 1. The van der Waals surface area contributed by atoms with Gasteiger partial charge in [0, 0.05) is 0 Å². The molecule has 0 aromatic heterocycles. The minimum Gasteiger partial charge on any atom is -0.469 e. The lowest BCUT2D eigenvalue weighted by Crippen LogP contribution is -2.14. The minimum atomic E-state index is -0.546. The van der Waals surface area contributed by atoms with Crippen LogP contribution in [-0.2, 0) is 9.53 Å². The smallest absolute Gasteiger partial charge is 0.308 e. The Kier molecular flexibility index (Phi) is 17.4. The molecule has 0 heterocycles. The summed E-state index contributed by atoms with van der Waals surface area (Å²) in [5.41, 5.74) is 0. The number of carbonyl (C=O) groups excluding carboxylic acids is 1. The summed E-state index contributed by atoms with van der Waals surface area (Å²) in [6, 6.07) is 0. The molecule has 0 spiro atoms. The standard InChI is InChI=1S/C21H38O3/c1-3-4-5-6-7-8-9-10-11-12-13-14-15-16-17-18-20(22)19-21(23)24-2/h7-8,10-11,20,22H,3-6,9,12-19H2,1-2H3. The second-order valence-electron chi connectivity index (χ2n) is 6.45. The number of allylic oxidation sites excluding steroid dienone is 4. The molecule has 3 nitrogen and oxygen atoms in total. The zero-order valence-corrected chi connectivity index (χ0v) is 15.8. The molecule has 0 saturated heterocycles. The quantitative estimate of drug-likeness (QED) is 0.222. The molecule has 0 bridgehead atoms. The van der Waals surface area contributed by atoms with E-state index in [1.807, 2.05) is 0 Å². The molecule has 0 aliphatic rings. The first kappa shape index (κ1) is 22.9. The molecule has 0 aromatic carbocycles. The van der Waals surface area contributed by atoms with Crippen LogP contribution in [0, 0.1) is 0 Å². The van der Waals surface area contributed by atoms with Gasteiger partial charge in [-0.3, -0.25) is 4.79 Å². The summed E-state index contributed by atoms with van der Waals surface area (Å²) in [7, 11) is 1.35. The van der Waals surface area contributed by atoms with Gasteiger partial charge in [-0.25, -0.2) is 0 Å². The molecule has 0 aromatic rings. The first-order valence-corrected chi connectivity index (χ1v) is 9.75. The first-order valence-electron chi connectivity index (χ1n) is 9.75. The Morgan fingerprint density at radius 1 is 0.917 bits per heavy atom. The Balaban J connectivity index is 3.30. The predicted molar refractivity (Wildman–Crippen MR) is 102 cm³/mol. The van der Waals surface area contributed by atoms with Gasteiger partial charge < -0.3 is 9.84 Å². The Morgan fingerprint density at radius 2 is 1.50 bits per heavy atom. The van der Waals surface area contributed by atoms with Crippen LogP contribution in [0.5, 0.6) is 0 Å². The molecule has 0 aliphatic heterocycles. The van der Waals surface area contributed by atoms with Crippen molar-refractivity contribution in [2.75, 3.05) is 7.11 Å². The maximum Gasteiger partial charge on any atom is 0.308 e. The monoisotopic (exact) mass is 338 g/mol. The summed E-state index contributed by atoms with van der Waals surface area (Å²) < 4.78 is 4.54. The highest BCUT2D eigenvalue weighted by Crippen LogP contribution is 2.11. The van der Waals surface area contributed by atoms with Gasteiger partial charge in [0.2, 0.25) is 0 Å². The van der Waals surface area contributed by atoms with E-state index in [-0.39, 0.29) is 12.4 Å². The maximum atomic E-state index is 11.0. The van der Waals surface area contributed by atoms with Crippen molar-refractivity contribution >= 4 is 5.97 Å². The molecule has 24 heavy (non-hydrogen) atoms. The lowest BCUT2D eigenvalue weighted by Gasteiger charge is -2.08. The largest absolute Gasteiger partial charge is 0.469 e. The van der Waals surface area contributed by atoms with Crippen molar-refractivity contribution in [3.8, 4) is 0 Å². The van der Waals surface area contributed by atoms with Crippen molar-refractivity contribution in [1.29, 1.82) is 0 Å². The fraction of sp³-hybridized carbons (Fsp3) is 0.762. The summed E-state index contributed by atoms with van der Waals surface area (Å²) in [5, 5.41) is 9.64. The van der Waals surface area contributed by atoms with Gasteiger partial charge in [0.1, 0.15) is 0 Å². The van der Waals surface area contributed by atoms with Gasteiger partial charge in [0.05, 0.1) is 19.6 Å². The molecule has 1 atom stereocenters. The molecule has 1 unspecified atom stereocenters. The SMILES string of the molecule is CCCCCC=CCC=CCCCCCCCC(O)CC(=O)OC. The first-order chi connectivity index (χ1) is 11.7.